The molecule has 0 radical (unpaired) electrons. The highest BCUT2D eigenvalue weighted by Gasteiger charge is 2.21. The molecule has 0 aliphatic heterocycles. The van der Waals surface area contributed by atoms with Crippen molar-refractivity contribution in [3.63, 3.8) is 0 Å². The standard InChI is InChI=1S/C22H24N2OS2/c1-24(16-17-10-12-19(26-2)13-11-17)21(25)15-23-22(20-9-6-14-27-20)18-7-4-3-5-8-18/h3-14,22-23H,15-16H2,1-2H3/p+1/t22-/m1/s1. The summed E-state index contributed by atoms with van der Waals surface area (Å²) in [7, 11) is 1.88. The van der Waals surface area contributed by atoms with Crippen molar-refractivity contribution in [3.8, 4) is 0 Å². The van der Waals surface area contributed by atoms with Gasteiger partial charge in [-0.15, -0.1) is 23.1 Å². The van der Waals surface area contributed by atoms with Gasteiger partial charge in [-0.05, 0) is 35.4 Å². The smallest absolute Gasteiger partial charge is 0.277 e. The van der Waals surface area contributed by atoms with Crippen molar-refractivity contribution in [1.29, 1.82) is 0 Å². The van der Waals surface area contributed by atoms with Crippen molar-refractivity contribution in [1.82, 2.24) is 4.90 Å². The number of nitrogens with zero attached hydrogens (tertiary/aromatic N) is 1. The molecule has 140 valence electrons. The topological polar surface area (TPSA) is 36.9 Å². The van der Waals surface area contributed by atoms with Crippen molar-refractivity contribution < 1.29 is 10.1 Å². The van der Waals surface area contributed by atoms with Gasteiger partial charge in [-0.2, -0.15) is 0 Å². The number of hydrogen-bond donors (Lipinski definition) is 1. The van der Waals surface area contributed by atoms with E-state index in [1.807, 2.05) is 13.1 Å². The van der Waals surface area contributed by atoms with Crippen molar-refractivity contribution in [3.05, 3.63) is 88.1 Å². The van der Waals surface area contributed by atoms with Crippen molar-refractivity contribution >= 4 is 29.0 Å². The zero-order chi connectivity index (χ0) is 19.1. The SMILES string of the molecule is CSc1ccc(CN(C)C(=O)C[NH2+][C@H](c2ccccc2)c2cccs2)cc1. The summed E-state index contributed by atoms with van der Waals surface area (Å²) in [6.45, 7) is 1.06. The quantitative estimate of drug-likeness (QED) is 0.587. The number of nitrogens with two attached hydrogens (primary N) is 1. The predicted molar refractivity (Wildman–Crippen MR) is 114 cm³/mol. The minimum absolute atomic E-state index is 0.140. The van der Waals surface area contributed by atoms with Crippen LogP contribution in [0.4, 0.5) is 0 Å². The molecule has 2 aromatic carbocycles. The fourth-order valence-electron chi connectivity index (χ4n) is 3.01. The minimum Gasteiger partial charge on any atom is -0.337 e. The van der Waals surface area contributed by atoms with Gasteiger partial charge in [0, 0.05) is 24.1 Å². The van der Waals surface area contributed by atoms with Gasteiger partial charge >= 0.3 is 0 Å². The molecule has 1 amide bonds. The molecule has 27 heavy (non-hydrogen) atoms. The Morgan fingerprint density at radius 3 is 2.44 bits per heavy atom. The molecule has 1 aromatic heterocycles. The molecule has 1 heterocycles. The first-order valence-corrected chi connectivity index (χ1v) is 11.1. The number of thiophene rings is 1. The van der Waals surface area contributed by atoms with Gasteiger partial charge in [0.1, 0.15) is 6.04 Å². The van der Waals surface area contributed by atoms with E-state index in [0.29, 0.717) is 13.1 Å². The highest BCUT2D eigenvalue weighted by atomic mass is 32.2. The fraction of sp³-hybridized carbons (Fsp3) is 0.227. The summed E-state index contributed by atoms with van der Waals surface area (Å²) in [5.74, 6) is 0.140. The van der Waals surface area contributed by atoms with Crippen LogP contribution in [0.5, 0.6) is 0 Å². The monoisotopic (exact) mass is 397 g/mol. The minimum atomic E-state index is 0.140. The van der Waals surface area contributed by atoms with Gasteiger partial charge in [-0.25, -0.2) is 0 Å². The van der Waals surface area contributed by atoms with Crippen molar-refractivity contribution in [2.75, 3.05) is 19.8 Å². The zero-order valence-electron chi connectivity index (χ0n) is 15.7. The van der Waals surface area contributed by atoms with Crippen LogP contribution < -0.4 is 5.32 Å². The summed E-state index contributed by atoms with van der Waals surface area (Å²) in [6.07, 6.45) is 2.07. The third kappa shape index (κ3) is 5.45. The zero-order valence-corrected chi connectivity index (χ0v) is 17.3. The van der Waals surface area contributed by atoms with Crippen LogP contribution in [0.2, 0.25) is 0 Å². The van der Waals surface area contributed by atoms with Crippen LogP contribution in [0.1, 0.15) is 22.0 Å². The third-order valence-corrected chi connectivity index (χ3v) is 6.24. The van der Waals surface area contributed by atoms with E-state index >= 15 is 0 Å². The molecule has 0 aliphatic carbocycles. The van der Waals surface area contributed by atoms with Gasteiger partial charge in [0.25, 0.3) is 5.91 Å². The number of rotatable bonds is 8. The lowest BCUT2D eigenvalue weighted by atomic mass is 10.1. The first-order valence-electron chi connectivity index (χ1n) is 8.96. The number of hydrogen-bond acceptors (Lipinski definition) is 3. The van der Waals surface area contributed by atoms with E-state index < -0.39 is 0 Å². The number of thioether (sulfide) groups is 1. The highest BCUT2D eigenvalue weighted by molar-refractivity contribution is 7.98. The molecular formula is C22H25N2OS2+. The van der Waals surface area contributed by atoms with Crippen LogP contribution in [0.3, 0.4) is 0 Å². The molecule has 2 N–H and O–H groups in total. The molecule has 3 rings (SSSR count). The Morgan fingerprint density at radius 1 is 1.07 bits per heavy atom. The largest absolute Gasteiger partial charge is 0.337 e. The summed E-state index contributed by atoms with van der Waals surface area (Å²) in [5.41, 5.74) is 2.38. The maximum atomic E-state index is 12.7. The van der Waals surface area contributed by atoms with Gasteiger partial charge in [0.15, 0.2) is 6.54 Å². The maximum absolute atomic E-state index is 12.7. The molecule has 1 atom stereocenters. The molecule has 0 spiro atoms. The fourth-order valence-corrected chi connectivity index (χ4v) is 4.27. The molecule has 0 unspecified atom stereocenters. The lowest BCUT2D eigenvalue weighted by Gasteiger charge is -2.19. The Hall–Kier alpha value is -2.08. The summed E-state index contributed by atoms with van der Waals surface area (Å²) >= 11 is 3.46. The number of carbonyl (C=O) groups is 1. The van der Waals surface area contributed by atoms with Gasteiger partial charge in [0.05, 0.1) is 4.88 Å². The van der Waals surface area contributed by atoms with Gasteiger partial charge < -0.3 is 10.2 Å². The first kappa shape index (κ1) is 19.7. The Balaban J connectivity index is 1.61. The molecule has 5 heteroatoms. The second-order valence-electron chi connectivity index (χ2n) is 6.44. The molecule has 0 fully saturated rings. The van der Waals surface area contributed by atoms with Gasteiger partial charge in [0.2, 0.25) is 0 Å². The van der Waals surface area contributed by atoms with Gasteiger partial charge in [-0.1, -0.05) is 48.5 Å². The van der Waals surface area contributed by atoms with E-state index in [9.17, 15) is 4.79 Å². The van der Waals surface area contributed by atoms with Crippen LogP contribution >= 0.6 is 23.1 Å². The number of quaternary nitrogens is 1. The van der Waals surface area contributed by atoms with E-state index in [1.165, 1.54) is 15.3 Å². The number of carbonyl (C=O) groups excluding carboxylic acids is 1. The Labute approximate surface area is 169 Å². The Kier molecular flexibility index (Phi) is 7.10. The van der Waals surface area contributed by atoms with E-state index in [2.05, 4.69) is 77.6 Å². The lowest BCUT2D eigenvalue weighted by molar-refractivity contribution is -0.676. The maximum Gasteiger partial charge on any atom is 0.277 e. The van der Waals surface area contributed by atoms with Crippen LogP contribution in [0.15, 0.2) is 77.0 Å². The van der Waals surface area contributed by atoms with E-state index in [4.69, 9.17) is 0 Å². The average molecular weight is 398 g/mol. The van der Waals surface area contributed by atoms with Crippen LogP contribution in [0, 0.1) is 0 Å². The van der Waals surface area contributed by atoms with Crippen LogP contribution in [-0.4, -0.2) is 30.7 Å². The Morgan fingerprint density at radius 2 is 1.81 bits per heavy atom. The molecule has 0 bridgehead atoms. The van der Waals surface area contributed by atoms with E-state index in [1.54, 1.807) is 28.0 Å². The second-order valence-corrected chi connectivity index (χ2v) is 8.30. The molecule has 3 nitrogen and oxygen atoms in total. The second kappa shape index (κ2) is 9.74. The highest BCUT2D eigenvalue weighted by Crippen LogP contribution is 2.22. The van der Waals surface area contributed by atoms with E-state index in [0.717, 1.165) is 5.56 Å². The van der Waals surface area contributed by atoms with Gasteiger partial charge in [-0.3, -0.25) is 4.79 Å². The molecule has 0 saturated heterocycles. The molecular weight excluding hydrogens is 372 g/mol. The molecule has 0 aliphatic rings. The summed E-state index contributed by atoms with van der Waals surface area (Å²) in [6, 6.07) is 23.1. The Bertz CT molecular complexity index is 833. The van der Waals surface area contributed by atoms with Crippen molar-refractivity contribution in [2.45, 2.75) is 17.5 Å². The number of benzene rings is 2. The summed E-state index contributed by atoms with van der Waals surface area (Å²) < 4.78 is 0. The molecule has 0 saturated carbocycles. The average Bonchev–Trinajstić information content (AvgIpc) is 3.24. The predicted octanol–water partition coefficient (Wildman–Crippen LogP) is 3.78. The third-order valence-electron chi connectivity index (χ3n) is 4.54. The normalized spacial score (nSPS) is 11.9. The first-order chi connectivity index (χ1) is 13.2. The van der Waals surface area contributed by atoms with Crippen LogP contribution in [0.25, 0.3) is 0 Å². The molecule has 3 aromatic rings. The van der Waals surface area contributed by atoms with E-state index in [-0.39, 0.29) is 11.9 Å². The number of likely N-dealkylation sites (N-methyl/N-ethyl adjacent to an activating group) is 1. The summed E-state index contributed by atoms with van der Waals surface area (Å²) in [5, 5.41) is 4.22. The van der Waals surface area contributed by atoms with Crippen LogP contribution in [-0.2, 0) is 11.3 Å². The van der Waals surface area contributed by atoms with Crippen molar-refractivity contribution in [2.24, 2.45) is 0 Å². The number of amides is 1. The summed E-state index contributed by atoms with van der Waals surface area (Å²) in [4.78, 5) is 17.0. The lowest BCUT2D eigenvalue weighted by Crippen LogP contribution is -2.87.